The summed E-state index contributed by atoms with van der Waals surface area (Å²) in [6.07, 6.45) is 6.82. The standard InChI is InChI=1S/C17H23N7/c1-24(12-7-17(8-12)9-18-10-17)16-19-5-4-14(21-16)20-15-6-13(22-23-15)11-2-3-11/h4-6,11-12,18H,2-3,7-10H2,1H3,(H2,19,20,21,22,23). The largest absolute Gasteiger partial charge is 0.341 e. The maximum absolute atomic E-state index is 4.67. The lowest BCUT2D eigenvalue weighted by molar-refractivity contribution is 0.0369. The number of hydrogen-bond donors (Lipinski definition) is 3. The van der Waals surface area contributed by atoms with Crippen LogP contribution < -0.4 is 15.5 Å². The molecule has 1 aliphatic heterocycles. The van der Waals surface area contributed by atoms with Crippen molar-refractivity contribution < 1.29 is 0 Å². The molecule has 1 saturated heterocycles. The minimum Gasteiger partial charge on any atom is -0.341 e. The number of rotatable bonds is 5. The first-order chi connectivity index (χ1) is 11.7. The van der Waals surface area contributed by atoms with Crippen LogP contribution >= 0.6 is 0 Å². The normalized spacial score (nSPS) is 22.0. The molecule has 0 aromatic carbocycles. The van der Waals surface area contributed by atoms with E-state index < -0.39 is 0 Å². The van der Waals surface area contributed by atoms with Crippen LogP contribution in [0.25, 0.3) is 0 Å². The molecule has 3 aliphatic rings. The van der Waals surface area contributed by atoms with Crippen molar-refractivity contribution in [1.82, 2.24) is 25.5 Å². The highest BCUT2D eigenvalue weighted by molar-refractivity contribution is 5.53. The summed E-state index contributed by atoms with van der Waals surface area (Å²) in [5, 5.41) is 14.1. The predicted octanol–water partition coefficient (Wildman–Crippen LogP) is 2.01. The lowest BCUT2D eigenvalue weighted by Gasteiger charge is -2.56. The Kier molecular flexibility index (Phi) is 3.06. The van der Waals surface area contributed by atoms with Gasteiger partial charge in [0.05, 0.1) is 0 Å². The lowest BCUT2D eigenvalue weighted by atomic mass is 9.61. The maximum atomic E-state index is 4.67. The van der Waals surface area contributed by atoms with Crippen LogP contribution in [0.1, 0.15) is 37.3 Å². The molecule has 0 atom stereocenters. The molecule has 7 heteroatoms. The van der Waals surface area contributed by atoms with Crippen LogP contribution in [-0.2, 0) is 0 Å². The van der Waals surface area contributed by atoms with Crippen LogP contribution in [0.3, 0.4) is 0 Å². The fourth-order valence-electron chi connectivity index (χ4n) is 3.87. The molecule has 0 radical (unpaired) electrons. The van der Waals surface area contributed by atoms with Crippen molar-refractivity contribution in [2.24, 2.45) is 5.41 Å². The topological polar surface area (TPSA) is 81.8 Å². The Balaban J connectivity index is 1.26. The fraction of sp³-hybridized carbons (Fsp3) is 0.588. The number of anilines is 3. The molecule has 3 fully saturated rings. The van der Waals surface area contributed by atoms with Crippen molar-refractivity contribution in [3.63, 3.8) is 0 Å². The van der Waals surface area contributed by atoms with Gasteiger partial charge in [0.25, 0.3) is 0 Å². The van der Waals surface area contributed by atoms with Gasteiger partial charge in [-0.2, -0.15) is 10.1 Å². The van der Waals surface area contributed by atoms with Gasteiger partial charge in [-0.05, 0) is 37.2 Å². The molecule has 7 nitrogen and oxygen atoms in total. The molecule has 0 unspecified atom stereocenters. The molecule has 2 aromatic rings. The second-order valence-electron chi connectivity index (χ2n) is 7.63. The van der Waals surface area contributed by atoms with E-state index in [1.165, 1.54) is 44.5 Å². The van der Waals surface area contributed by atoms with E-state index in [0.29, 0.717) is 17.4 Å². The molecule has 2 aromatic heterocycles. The van der Waals surface area contributed by atoms with Crippen LogP contribution in [0.2, 0.25) is 0 Å². The summed E-state index contributed by atoms with van der Waals surface area (Å²) >= 11 is 0. The quantitative estimate of drug-likeness (QED) is 0.780. The van der Waals surface area contributed by atoms with Crippen molar-refractivity contribution in [1.29, 1.82) is 0 Å². The number of nitrogens with one attached hydrogen (secondary N) is 3. The number of aromatic nitrogens is 4. The van der Waals surface area contributed by atoms with Crippen LogP contribution in [0.5, 0.6) is 0 Å². The molecule has 1 spiro atoms. The summed E-state index contributed by atoms with van der Waals surface area (Å²) in [6.45, 7) is 2.34. The van der Waals surface area contributed by atoms with E-state index in [-0.39, 0.29) is 0 Å². The van der Waals surface area contributed by atoms with Gasteiger partial charge in [0, 0.05) is 50.1 Å². The van der Waals surface area contributed by atoms with Gasteiger partial charge < -0.3 is 15.5 Å². The fourth-order valence-corrected chi connectivity index (χ4v) is 3.87. The molecule has 24 heavy (non-hydrogen) atoms. The van der Waals surface area contributed by atoms with Crippen LogP contribution in [0.15, 0.2) is 18.3 Å². The van der Waals surface area contributed by atoms with E-state index in [1.54, 1.807) is 0 Å². The molecule has 0 amide bonds. The van der Waals surface area contributed by atoms with Gasteiger partial charge in [0.15, 0.2) is 5.82 Å². The lowest BCUT2D eigenvalue weighted by Crippen LogP contribution is -2.65. The average Bonchev–Trinajstić information content (AvgIpc) is 3.25. The Labute approximate surface area is 141 Å². The molecular weight excluding hydrogens is 302 g/mol. The second-order valence-corrected chi connectivity index (χ2v) is 7.63. The third-order valence-electron chi connectivity index (χ3n) is 5.71. The number of aromatic amines is 1. The van der Waals surface area contributed by atoms with Gasteiger partial charge in [0.2, 0.25) is 5.95 Å². The summed E-state index contributed by atoms with van der Waals surface area (Å²) in [4.78, 5) is 11.3. The minimum absolute atomic E-state index is 0.550. The van der Waals surface area contributed by atoms with Crippen molar-refractivity contribution in [2.75, 3.05) is 30.4 Å². The average molecular weight is 325 g/mol. The molecule has 5 rings (SSSR count). The molecule has 126 valence electrons. The summed E-state index contributed by atoms with van der Waals surface area (Å²) in [6, 6.07) is 4.53. The smallest absolute Gasteiger partial charge is 0.227 e. The third-order valence-corrected chi connectivity index (χ3v) is 5.71. The van der Waals surface area contributed by atoms with E-state index in [9.17, 15) is 0 Å². The van der Waals surface area contributed by atoms with Gasteiger partial charge in [0.1, 0.15) is 5.82 Å². The van der Waals surface area contributed by atoms with Crippen LogP contribution in [0, 0.1) is 5.41 Å². The Morgan fingerprint density at radius 1 is 1.25 bits per heavy atom. The molecule has 2 aliphatic carbocycles. The van der Waals surface area contributed by atoms with Gasteiger partial charge >= 0.3 is 0 Å². The zero-order valence-corrected chi connectivity index (χ0v) is 13.9. The monoisotopic (exact) mass is 325 g/mol. The molecule has 0 bridgehead atoms. The Morgan fingerprint density at radius 2 is 2.08 bits per heavy atom. The highest BCUT2D eigenvalue weighted by Gasteiger charge is 2.50. The SMILES string of the molecule is CN(c1nccc(Nc2cc(C3CC3)[nH]n2)n1)C1CC2(CNC2)C1. The van der Waals surface area contributed by atoms with Gasteiger partial charge in [-0.15, -0.1) is 0 Å². The Bertz CT molecular complexity index is 739. The van der Waals surface area contributed by atoms with E-state index in [2.05, 4.69) is 48.8 Å². The second kappa shape index (κ2) is 5.17. The first-order valence-corrected chi connectivity index (χ1v) is 8.80. The zero-order chi connectivity index (χ0) is 16.1. The first kappa shape index (κ1) is 14.2. The number of hydrogen-bond acceptors (Lipinski definition) is 6. The number of H-pyrrole nitrogens is 1. The van der Waals surface area contributed by atoms with Crippen molar-refractivity contribution in [2.45, 2.75) is 37.6 Å². The van der Waals surface area contributed by atoms with Crippen molar-refractivity contribution in [3.05, 3.63) is 24.0 Å². The van der Waals surface area contributed by atoms with E-state index in [4.69, 9.17) is 0 Å². The van der Waals surface area contributed by atoms with Gasteiger partial charge in [-0.1, -0.05) is 0 Å². The Morgan fingerprint density at radius 3 is 2.79 bits per heavy atom. The predicted molar refractivity (Wildman–Crippen MR) is 92.6 cm³/mol. The molecule has 2 saturated carbocycles. The van der Waals surface area contributed by atoms with E-state index in [1.807, 2.05) is 12.3 Å². The van der Waals surface area contributed by atoms with E-state index >= 15 is 0 Å². The van der Waals surface area contributed by atoms with E-state index in [0.717, 1.165) is 17.6 Å². The van der Waals surface area contributed by atoms with Crippen molar-refractivity contribution in [3.8, 4) is 0 Å². The Hall–Kier alpha value is -2.15. The molecular formula is C17H23N7. The summed E-state index contributed by atoms with van der Waals surface area (Å²) < 4.78 is 0. The summed E-state index contributed by atoms with van der Waals surface area (Å²) in [7, 11) is 2.10. The highest BCUT2D eigenvalue weighted by Crippen LogP contribution is 2.46. The minimum atomic E-state index is 0.550. The summed E-state index contributed by atoms with van der Waals surface area (Å²) in [5.74, 6) is 3.07. The van der Waals surface area contributed by atoms with Crippen LogP contribution in [0.4, 0.5) is 17.6 Å². The molecule has 3 N–H and O–H groups in total. The third kappa shape index (κ3) is 2.43. The molecule has 3 heterocycles. The number of nitrogens with zero attached hydrogens (tertiary/aromatic N) is 4. The first-order valence-electron chi connectivity index (χ1n) is 8.80. The van der Waals surface area contributed by atoms with Gasteiger partial charge in [-0.25, -0.2) is 4.98 Å². The van der Waals surface area contributed by atoms with Crippen molar-refractivity contribution >= 4 is 17.6 Å². The zero-order valence-electron chi connectivity index (χ0n) is 13.9. The highest BCUT2D eigenvalue weighted by atomic mass is 15.3. The summed E-state index contributed by atoms with van der Waals surface area (Å²) in [5.41, 5.74) is 1.78. The maximum Gasteiger partial charge on any atom is 0.227 e. The van der Waals surface area contributed by atoms with Crippen LogP contribution in [-0.4, -0.2) is 46.3 Å². The van der Waals surface area contributed by atoms with Gasteiger partial charge in [-0.3, -0.25) is 5.10 Å².